The van der Waals surface area contributed by atoms with E-state index < -0.39 is 0 Å². The van der Waals surface area contributed by atoms with Crippen LogP contribution in [0.2, 0.25) is 0 Å². The standard InChI is InChI=1S/C20H23N/c1-3-21(4-2)17-11-16-20(18-12-7-5-8-13-18)19-14-9-6-10-15-19/h5-10,12-15,20H,3-4,16H2,1-2H3. The fourth-order valence-electron chi connectivity index (χ4n) is 2.44. The molecule has 0 spiro atoms. The summed E-state index contributed by atoms with van der Waals surface area (Å²) >= 11 is 0. The quantitative estimate of drug-likeness (QED) is 0.574. The molecule has 0 atom stereocenters. The predicted octanol–water partition coefficient (Wildman–Crippen LogP) is 4.51. The third kappa shape index (κ3) is 4.39. The Morgan fingerprint density at radius 1 is 0.810 bits per heavy atom. The largest absolute Gasteiger partial charge is 0.333 e. The van der Waals surface area contributed by atoms with Crippen LogP contribution in [0, 0.1) is 12.0 Å². The first-order valence-corrected chi connectivity index (χ1v) is 7.68. The summed E-state index contributed by atoms with van der Waals surface area (Å²) in [5, 5.41) is 0. The Morgan fingerprint density at radius 2 is 1.29 bits per heavy atom. The van der Waals surface area contributed by atoms with Gasteiger partial charge in [0, 0.05) is 31.5 Å². The van der Waals surface area contributed by atoms with Crippen molar-refractivity contribution in [2.45, 2.75) is 26.2 Å². The van der Waals surface area contributed by atoms with Crippen molar-refractivity contribution >= 4 is 0 Å². The Bertz CT molecular complexity index is 534. The van der Waals surface area contributed by atoms with Gasteiger partial charge in [-0.3, -0.25) is 0 Å². The van der Waals surface area contributed by atoms with E-state index in [0.717, 1.165) is 19.5 Å². The van der Waals surface area contributed by atoms with E-state index in [1.165, 1.54) is 11.1 Å². The second kappa shape index (κ2) is 8.17. The van der Waals surface area contributed by atoms with Gasteiger partial charge in [-0.2, -0.15) is 0 Å². The molecule has 0 radical (unpaired) electrons. The third-order valence-electron chi connectivity index (χ3n) is 3.71. The summed E-state index contributed by atoms with van der Waals surface area (Å²) in [4.78, 5) is 2.15. The summed E-state index contributed by atoms with van der Waals surface area (Å²) < 4.78 is 0. The number of hydrogen-bond donors (Lipinski definition) is 0. The highest BCUT2D eigenvalue weighted by Crippen LogP contribution is 2.27. The first kappa shape index (κ1) is 15.2. The zero-order valence-corrected chi connectivity index (χ0v) is 12.9. The normalized spacial score (nSPS) is 10.0. The summed E-state index contributed by atoms with van der Waals surface area (Å²) in [5.74, 6) is 3.70. The Labute approximate surface area is 128 Å². The van der Waals surface area contributed by atoms with E-state index >= 15 is 0 Å². The predicted molar refractivity (Wildman–Crippen MR) is 90.0 cm³/mol. The van der Waals surface area contributed by atoms with Gasteiger partial charge in [-0.1, -0.05) is 66.6 Å². The lowest BCUT2D eigenvalue weighted by molar-refractivity contribution is 0.443. The number of nitrogens with zero attached hydrogens (tertiary/aromatic N) is 1. The molecular formula is C20H23N. The first-order valence-electron chi connectivity index (χ1n) is 7.68. The van der Waals surface area contributed by atoms with Crippen molar-refractivity contribution in [2.75, 3.05) is 13.1 Å². The molecule has 0 N–H and O–H groups in total. The molecule has 1 nitrogen and oxygen atoms in total. The van der Waals surface area contributed by atoms with Crippen molar-refractivity contribution in [1.29, 1.82) is 0 Å². The average Bonchev–Trinajstić information content (AvgIpc) is 2.57. The second-order valence-electron chi connectivity index (χ2n) is 5.04. The van der Waals surface area contributed by atoms with Crippen LogP contribution in [0.5, 0.6) is 0 Å². The maximum atomic E-state index is 3.36. The zero-order valence-electron chi connectivity index (χ0n) is 12.9. The first-order chi connectivity index (χ1) is 10.3. The van der Waals surface area contributed by atoms with Gasteiger partial charge in [0.15, 0.2) is 0 Å². The van der Waals surface area contributed by atoms with Crippen molar-refractivity contribution in [2.24, 2.45) is 0 Å². The molecule has 2 aromatic carbocycles. The van der Waals surface area contributed by atoms with Crippen molar-refractivity contribution in [3.63, 3.8) is 0 Å². The monoisotopic (exact) mass is 277 g/mol. The van der Waals surface area contributed by atoms with Gasteiger partial charge >= 0.3 is 0 Å². The van der Waals surface area contributed by atoms with Gasteiger partial charge in [0.2, 0.25) is 0 Å². The molecule has 0 saturated heterocycles. The molecule has 1 heteroatoms. The highest BCUT2D eigenvalue weighted by molar-refractivity contribution is 5.33. The van der Waals surface area contributed by atoms with E-state index in [1.54, 1.807) is 0 Å². The Balaban J connectivity index is 2.22. The summed E-state index contributed by atoms with van der Waals surface area (Å²) in [7, 11) is 0. The Kier molecular flexibility index (Phi) is 5.91. The molecule has 0 saturated carbocycles. The molecule has 0 aliphatic carbocycles. The van der Waals surface area contributed by atoms with E-state index in [0.29, 0.717) is 5.92 Å². The van der Waals surface area contributed by atoms with Gasteiger partial charge in [0.25, 0.3) is 0 Å². The van der Waals surface area contributed by atoms with E-state index in [9.17, 15) is 0 Å². The van der Waals surface area contributed by atoms with Gasteiger partial charge in [-0.25, -0.2) is 0 Å². The topological polar surface area (TPSA) is 3.24 Å². The number of rotatable bonds is 5. The van der Waals surface area contributed by atoms with Crippen LogP contribution in [0.4, 0.5) is 0 Å². The third-order valence-corrected chi connectivity index (χ3v) is 3.71. The molecule has 0 amide bonds. The van der Waals surface area contributed by atoms with Crippen LogP contribution in [0.3, 0.4) is 0 Å². The zero-order chi connectivity index (χ0) is 14.9. The Morgan fingerprint density at radius 3 is 1.71 bits per heavy atom. The fourth-order valence-corrected chi connectivity index (χ4v) is 2.44. The lowest BCUT2D eigenvalue weighted by atomic mass is 9.89. The van der Waals surface area contributed by atoms with Gasteiger partial charge in [-0.05, 0) is 25.0 Å². The van der Waals surface area contributed by atoms with Crippen LogP contribution in [-0.2, 0) is 0 Å². The maximum Gasteiger partial charge on any atom is 0.0232 e. The molecule has 0 bridgehead atoms. The summed E-state index contributed by atoms with van der Waals surface area (Å²) in [6.07, 6.45) is 0.852. The molecule has 0 aliphatic heterocycles. The number of benzene rings is 2. The molecule has 0 aromatic heterocycles. The van der Waals surface area contributed by atoms with Crippen LogP contribution in [0.15, 0.2) is 60.7 Å². The molecule has 0 fully saturated rings. The SMILES string of the molecule is CCN(C#CCC(c1ccccc1)c1ccccc1)CC. The highest BCUT2D eigenvalue weighted by Gasteiger charge is 2.12. The van der Waals surface area contributed by atoms with Crippen LogP contribution in [0.1, 0.15) is 37.3 Å². The highest BCUT2D eigenvalue weighted by atomic mass is 15.1. The summed E-state index contributed by atoms with van der Waals surface area (Å²) in [6.45, 7) is 6.24. The molecule has 108 valence electrons. The van der Waals surface area contributed by atoms with Crippen LogP contribution >= 0.6 is 0 Å². The van der Waals surface area contributed by atoms with Crippen molar-refractivity contribution in [1.82, 2.24) is 4.90 Å². The smallest absolute Gasteiger partial charge is 0.0232 e. The fraction of sp³-hybridized carbons (Fsp3) is 0.300. The van der Waals surface area contributed by atoms with Gasteiger partial charge < -0.3 is 4.90 Å². The summed E-state index contributed by atoms with van der Waals surface area (Å²) in [6, 6.07) is 24.6. The van der Waals surface area contributed by atoms with Gasteiger partial charge in [-0.15, -0.1) is 0 Å². The lowest BCUT2D eigenvalue weighted by Crippen LogP contribution is -2.16. The molecular weight excluding hydrogens is 254 g/mol. The van der Waals surface area contributed by atoms with Crippen molar-refractivity contribution in [3.8, 4) is 12.0 Å². The van der Waals surface area contributed by atoms with Crippen LogP contribution in [-0.4, -0.2) is 18.0 Å². The van der Waals surface area contributed by atoms with E-state index in [-0.39, 0.29) is 0 Å². The molecule has 0 aliphatic rings. The minimum absolute atomic E-state index is 0.343. The minimum Gasteiger partial charge on any atom is -0.333 e. The van der Waals surface area contributed by atoms with Crippen LogP contribution in [0.25, 0.3) is 0 Å². The lowest BCUT2D eigenvalue weighted by Gasteiger charge is -2.16. The minimum atomic E-state index is 0.343. The van der Waals surface area contributed by atoms with E-state index in [4.69, 9.17) is 0 Å². The second-order valence-corrected chi connectivity index (χ2v) is 5.04. The van der Waals surface area contributed by atoms with E-state index in [1.807, 2.05) is 0 Å². The molecule has 21 heavy (non-hydrogen) atoms. The van der Waals surface area contributed by atoms with Crippen molar-refractivity contribution < 1.29 is 0 Å². The van der Waals surface area contributed by atoms with Gasteiger partial charge in [0.05, 0.1) is 0 Å². The van der Waals surface area contributed by atoms with E-state index in [2.05, 4.69) is 91.4 Å². The average molecular weight is 277 g/mol. The molecule has 0 unspecified atom stereocenters. The van der Waals surface area contributed by atoms with Crippen LogP contribution < -0.4 is 0 Å². The summed E-state index contributed by atoms with van der Waals surface area (Å²) in [5.41, 5.74) is 2.66. The Hall–Kier alpha value is -2.20. The van der Waals surface area contributed by atoms with Gasteiger partial charge in [0.1, 0.15) is 0 Å². The maximum absolute atomic E-state index is 3.36. The molecule has 2 aromatic rings. The molecule has 0 heterocycles. The van der Waals surface area contributed by atoms with Crippen molar-refractivity contribution in [3.05, 3.63) is 71.8 Å². The number of hydrogen-bond acceptors (Lipinski definition) is 1. The molecule has 2 rings (SSSR count).